The van der Waals surface area contributed by atoms with E-state index in [-0.39, 0.29) is 16.7 Å². The number of rotatable bonds is 10. The molecule has 2 heterocycles. The van der Waals surface area contributed by atoms with Crippen LogP contribution in [0.4, 0.5) is 0 Å². The highest BCUT2D eigenvalue weighted by Crippen LogP contribution is 2.27. The summed E-state index contributed by atoms with van der Waals surface area (Å²) in [4.78, 5) is 26.1. The fraction of sp³-hybridized carbons (Fsp3) is 0.360. The molecule has 33 heavy (non-hydrogen) atoms. The predicted octanol–water partition coefficient (Wildman–Crippen LogP) is 4.42. The number of amides is 1. The molecule has 0 bridgehead atoms. The van der Waals surface area contributed by atoms with E-state index < -0.39 is 0 Å². The van der Waals surface area contributed by atoms with Gasteiger partial charge in [0.1, 0.15) is 0 Å². The van der Waals surface area contributed by atoms with Crippen molar-refractivity contribution in [3.63, 3.8) is 0 Å². The number of fused-ring (bicyclic) bond motifs is 3. The Balaban J connectivity index is 1.66. The van der Waals surface area contributed by atoms with Gasteiger partial charge in [-0.3, -0.25) is 18.6 Å². The second-order valence-corrected chi connectivity index (χ2v) is 9.19. The Morgan fingerprint density at radius 2 is 1.79 bits per heavy atom. The van der Waals surface area contributed by atoms with E-state index in [2.05, 4.69) is 22.4 Å². The summed E-state index contributed by atoms with van der Waals surface area (Å²) in [6.07, 6.45) is 3.66. The minimum atomic E-state index is -0.319. The summed E-state index contributed by atoms with van der Waals surface area (Å²) < 4.78 is 3.63. The number of hydrogen-bond donors (Lipinski definition) is 1. The number of para-hydroxylation sites is 1. The Morgan fingerprint density at radius 3 is 2.55 bits per heavy atom. The van der Waals surface area contributed by atoms with Crippen LogP contribution in [-0.2, 0) is 17.9 Å². The number of carbonyl (C=O) groups is 1. The van der Waals surface area contributed by atoms with Crippen LogP contribution in [-0.4, -0.2) is 30.3 Å². The van der Waals surface area contributed by atoms with Crippen LogP contribution in [0.15, 0.2) is 64.5 Å². The molecule has 0 aliphatic heterocycles. The van der Waals surface area contributed by atoms with Crippen LogP contribution in [0.1, 0.15) is 45.1 Å². The predicted molar refractivity (Wildman–Crippen MR) is 133 cm³/mol. The lowest BCUT2D eigenvalue weighted by molar-refractivity contribution is -0.120. The van der Waals surface area contributed by atoms with E-state index in [0.29, 0.717) is 35.8 Å². The van der Waals surface area contributed by atoms with E-state index in [1.165, 1.54) is 11.8 Å². The number of benzene rings is 2. The van der Waals surface area contributed by atoms with Crippen molar-refractivity contribution in [3.8, 4) is 0 Å². The van der Waals surface area contributed by atoms with Gasteiger partial charge in [0.15, 0.2) is 5.16 Å². The molecule has 1 atom stereocenters. The lowest BCUT2D eigenvalue weighted by atomic mass is 10.2. The molecule has 1 unspecified atom stereocenters. The number of aryl methyl sites for hydroxylation is 1. The first-order valence-electron chi connectivity index (χ1n) is 11.5. The first kappa shape index (κ1) is 23.0. The van der Waals surface area contributed by atoms with Gasteiger partial charge in [-0.25, -0.2) is 0 Å². The SMILES string of the molecule is CCCCCn1c(=O)c2ccccc2n2c(SC(CC)C(=O)NCc3ccccc3)nnc12. The monoisotopic (exact) mass is 463 g/mol. The smallest absolute Gasteiger partial charge is 0.262 e. The summed E-state index contributed by atoms with van der Waals surface area (Å²) in [5.41, 5.74) is 1.77. The molecule has 0 aliphatic carbocycles. The third-order valence-electron chi connectivity index (χ3n) is 5.68. The zero-order valence-electron chi connectivity index (χ0n) is 19.0. The number of thioether (sulfide) groups is 1. The van der Waals surface area contributed by atoms with Crippen molar-refractivity contribution in [2.24, 2.45) is 0 Å². The molecule has 8 heteroatoms. The second-order valence-electron chi connectivity index (χ2n) is 8.02. The van der Waals surface area contributed by atoms with Crippen LogP contribution in [0.2, 0.25) is 0 Å². The Kier molecular flexibility index (Phi) is 7.44. The van der Waals surface area contributed by atoms with Gasteiger partial charge in [0.2, 0.25) is 11.7 Å². The van der Waals surface area contributed by atoms with Gasteiger partial charge in [-0.15, -0.1) is 10.2 Å². The van der Waals surface area contributed by atoms with Crippen LogP contribution in [0.5, 0.6) is 0 Å². The number of unbranched alkanes of at least 4 members (excludes halogenated alkanes) is 2. The molecule has 0 aliphatic rings. The molecule has 7 nitrogen and oxygen atoms in total. The quantitative estimate of drug-likeness (QED) is 0.278. The molecule has 0 saturated carbocycles. The average Bonchev–Trinajstić information content (AvgIpc) is 3.27. The standard InChI is InChI=1S/C25H29N5O2S/c1-3-5-11-16-29-23(32)19-14-9-10-15-20(19)30-24(29)27-28-25(30)33-21(4-2)22(31)26-17-18-12-7-6-8-13-18/h6-10,12-15,21H,3-5,11,16-17H2,1-2H3,(H,26,31). The summed E-state index contributed by atoms with van der Waals surface area (Å²) >= 11 is 1.39. The first-order valence-corrected chi connectivity index (χ1v) is 12.4. The normalized spacial score (nSPS) is 12.3. The van der Waals surface area contributed by atoms with E-state index in [0.717, 1.165) is 30.3 Å². The van der Waals surface area contributed by atoms with Gasteiger partial charge in [-0.2, -0.15) is 0 Å². The molecule has 0 saturated heterocycles. The molecule has 4 rings (SSSR count). The van der Waals surface area contributed by atoms with E-state index >= 15 is 0 Å². The molecule has 2 aromatic carbocycles. The number of aromatic nitrogens is 4. The number of carbonyl (C=O) groups excluding carboxylic acids is 1. The zero-order chi connectivity index (χ0) is 23.2. The maximum absolute atomic E-state index is 13.2. The lowest BCUT2D eigenvalue weighted by Gasteiger charge is -2.15. The highest BCUT2D eigenvalue weighted by Gasteiger charge is 2.23. The van der Waals surface area contributed by atoms with Gasteiger partial charge in [-0.1, -0.05) is 80.9 Å². The van der Waals surface area contributed by atoms with E-state index in [9.17, 15) is 9.59 Å². The molecule has 1 amide bonds. The Morgan fingerprint density at radius 1 is 1.03 bits per heavy atom. The van der Waals surface area contributed by atoms with Crippen molar-refractivity contribution in [2.45, 2.75) is 63.0 Å². The highest BCUT2D eigenvalue weighted by molar-refractivity contribution is 8.00. The summed E-state index contributed by atoms with van der Waals surface area (Å²) in [6, 6.07) is 17.4. The number of nitrogens with zero attached hydrogens (tertiary/aromatic N) is 4. The molecule has 172 valence electrons. The van der Waals surface area contributed by atoms with Crippen molar-refractivity contribution in [3.05, 3.63) is 70.5 Å². The Bertz CT molecular complexity index is 1300. The van der Waals surface area contributed by atoms with Crippen molar-refractivity contribution < 1.29 is 4.79 Å². The van der Waals surface area contributed by atoms with Gasteiger partial charge in [-0.05, 0) is 30.5 Å². The number of hydrogen-bond acceptors (Lipinski definition) is 5. The third kappa shape index (κ3) is 4.95. The van der Waals surface area contributed by atoms with E-state index in [1.54, 1.807) is 4.57 Å². The fourth-order valence-electron chi connectivity index (χ4n) is 3.88. The lowest BCUT2D eigenvalue weighted by Crippen LogP contribution is -2.32. The average molecular weight is 464 g/mol. The van der Waals surface area contributed by atoms with Crippen LogP contribution in [0, 0.1) is 0 Å². The van der Waals surface area contributed by atoms with Gasteiger partial charge in [0.05, 0.1) is 16.2 Å². The molecule has 0 radical (unpaired) electrons. The van der Waals surface area contributed by atoms with Crippen molar-refractivity contribution >= 4 is 34.3 Å². The molecule has 4 aromatic rings. The van der Waals surface area contributed by atoms with Gasteiger partial charge in [0, 0.05) is 13.1 Å². The maximum atomic E-state index is 13.2. The second kappa shape index (κ2) is 10.7. The largest absolute Gasteiger partial charge is 0.351 e. The first-order chi connectivity index (χ1) is 16.1. The highest BCUT2D eigenvalue weighted by atomic mass is 32.2. The van der Waals surface area contributed by atoms with Crippen molar-refractivity contribution in [1.82, 2.24) is 24.5 Å². The number of nitrogens with one attached hydrogen (secondary N) is 1. The summed E-state index contributed by atoms with van der Waals surface area (Å²) in [7, 11) is 0. The molecule has 0 spiro atoms. The van der Waals surface area contributed by atoms with Gasteiger partial charge >= 0.3 is 0 Å². The van der Waals surface area contributed by atoms with Crippen LogP contribution < -0.4 is 10.9 Å². The minimum absolute atomic E-state index is 0.0383. The van der Waals surface area contributed by atoms with E-state index in [4.69, 9.17) is 0 Å². The molecular weight excluding hydrogens is 434 g/mol. The minimum Gasteiger partial charge on any atom is -0.351 e. The topological polar surface area (TPSA) is 81.3 Å². The molecule has 2 aromatic heterocycles. The van der Waals surface area contributed by atoms with Crippen LogP contribution in [0.25, 0.3) is 16.7 Å². The Hall–Kier alpha value is -3.13. The summed E-state index contributed by atoms with van der Waals surface area (Å²) in [6.45, 7) is 5.20. The van der Waals surface area contributed by atoms with Crippen LogP contribution in [0.3, 0.4) is 0 Å². The van der Waals surface area contributed by atoms with Crippen molar-refractivity contribution in [2.75, 3.05) is 0 Å². The fourth-order valence-corrected chi connectivity index (χ4v) is 4.86. The summed E-state index contributed by atoms with van der Waals surface area (Å²) in [5.74, 6) is 0.487. The summed E-state index contributed by atoms with van der Waals surface area (Å²) in [5, 5.41) is 12.7. The van der Waals surface area contributed by atoms with Gasteiger partial charge in [0.25, 0.3) is 5.56 Å². The zero-order valence-corrected chi connectivity index (χ0v) is 19.8. The van der Waals surface area contributed by atoms with E-state index in [1.807, 2.05) is 65.9 Å². The van der Waals surface area contributed by atoms with Gasteiger partial charge < -0.3 is 5.32 Å². The molecule has 0 fully saturated rings. The Labute approximate surface area is 197 Å². The maximum Gasteiger partial charge on any atom is 0.262 e. The van der Waals surface area contributed by atoms with Crippen LogP contribution >= 0.6 is 11.8 Å². The van der Waals surface area contributed by atoms with Crippen molar-refractivity contribution in [1.29, 1.82) is 0 Å². The third-order valence-corrected chi connectivity index (χ3v) is 6.99. The molecule has 1 N–H and O–H groups in total. The molecular formula is C25H29N5O2S.